The van der Waals surface area contributed by atoms with Crippen LogP contribution in [0.25, 0.3) is 0 Å². The maximum absolute atomic E-state index is 13.3. The zero-order valence-electron chi connectivity index (χ0n) is 19.5. The predicted molar refractivity (Wildman–Crippen MR) is 125 cm³/mol. The van der Waals surface area contributed by atoms with Gasteiger partial charge in [0.05, 0.1) is 5.56 Å². The average molecular weight is 477 g/mol. The van der Waals surface area contributed by atoms with Crippen molar-refractivity contribution in [2.75, 3.05) is 11.9 Å². The van der Waals surface area contributed by atoms with Crippen LogP contribution in [0.4, 0.5) is 10.2 Å². The highest BCUT2D eigenvalue weighted by Gasteiger charge is 2.35. The largest absolute Gasteiger partial charge is 0.482 e. The first kappa shape index (κ1) is 23.8. The van der Waals surface area contributed by atoms with Crippen molar-refractivity contribution in [3.05, 3.63) is 76.7 Å². The molecule has 0 saturated heterocycles. The SMILES string of the molecule is Cc1c(C#N)c(NC(=O)COC(=O)C2Oc3ccccc3OC2C)n(Cc2ccc(F)cc2)c1C. The molecular formula is C26H24FN3O5. The molecule has 0 saturated carbocycles. The van der Waals surface area contributed by atoms with Gasteiger partial charge in [-0.05, 0) is 56.2 Å². The molecule has 0 bridgehead atoms. The van der Waals surface area contributed by atoms with Gasteiger partial charge in [0.25, 0.3) is 5.91 Å². The summed E-state index contributed by atoms with van der Waals surface area (Å²) in [5.41, 5.74) is 2.58. The van der Waals surface area contributed by atoms with Crippen LogP contribution in [0.1, 0.15) is 29.3 Å². The summed E-state index contributed by atoms with van der Waals surface area (Å²) in [5.74, 6) is -0.479. The molecule has 1 aliphatic rings. The summed E-state index contributed by atoms with van der Waals surface area (Å²) in [6, 6.07) is 15.0. The van der Waals surface area contributed by atoms with Gasteiger partial charge in [-0.3, -0.25) is 4.79 Å². The zero-order valence-corrected chi connectivity index (χ0v) is 19.5. The summed E-state index contributed by atoms with van der Waals surface area (Å²) in [4.78, 5) is 25.3. The first-order chi connectivity index (χ1) is 16.8. The second kappa shape index (κ2) is 9.89. The number of hydrogen-bond acceptors (Lipinski definition) is 6. The third-order valence-corrected chi connectivity index (χ3v) is 5.87. The van der Waals surface area contributed by atoms with Crippen LogP contribution in [0.15, 0.2) is 48.5 Å². The number of nitrogens with zero attached hydrogens (tertiary/aromatic N) is 2. The fourth-order valence-corrected chi connectivity index (χ4v) is 3.87. The second-order valence-corrected chi connectivity index (χ2v) is 8.22. The van der Waals surface area contributed by atoms with Gasteiger partial charge in [0.1, 0.15) is 23.8 Å². The van der Waals surface area contributed by atoms with E-state index in [4.69, 9.17) is 14.2 Å². The van der Waals surface area contributed by atoms with Crippen molar-refractivity contribution in [2.24, 2.45) is 0 Å². The minimum atomic E-state index is -1.03. The Balaban J connectivity index is 1.45. The Kier molecular flexibility index (Phi) is 6.73. The summed E-state index contributed by atoms with van der Waals surface area (Å²) in [6.45, 7) is 5.03. The van der Waals surface area contributed by atoms with Crippen LogP contribution >= 0.6 is 0 Å². The van der Waals surface area contributed by atoms with E-state index in [1.54, 1.807) is 54.8 Å². The number of carbonyl (C=O) groups is 2. The molecule has 180 valence electrons. The quantitative estimate of drug-likeness (QED) is 0.541. The van der Waals surface area contributed by atoms with Crippen molar-refractivity contribution >= 4 is 17.7 Å². The van der Waals surface area contributed by atoms with E-state index >= 15 is 0 Å². The number of fused-ring (bicyclic) bond motifs is 1. The number of hydrogen-bond donors (Lipinski definition) is 1. The molecule has 4 rings (SSSR count). The van der Waals surface area contributed by atoms with Crippen LogP contribution in [-0.4, -0.2) is 35.3 Å². The van der Waals surface area contributed by atoms with Gasteiger partial charge in [-0.15, -0.1) is 0 Å². The first-order valence-corrected chi connectivity index (χ1v) is 11.0. The van der Waals surface area contributed by atoms with Crippen LogP contribution in [0.3, 0.4) is 0 Å². The Labute approximate surface area is 201 Å². The van der Waals surface area contributed by atoms with Gasteiger partial charge < -0.3 is 24.1 Å². The molecule has 1 aliphatic heterocycles. The summed E-state index contributed by atoms with van der Waals surface area (Å²) in [5, 5.41) is 12.4. The highest BCUT2D eigenvalue weighted by molar-refractivity contribution is 5.94. The van der Waals surface area contributed by atoms with E-state index in [1.807, 2.05) is 6.92 Å². The van der Waals surface area contributed by atoms with Crippen LogP contribution in [-0.2, 0) is 20.9 Å². The van der Waals surface area contributed by atoms with Gasteiger partial charge in [0, 0.05) is 12.2 Å². The van der Waals surface area contributed by atoms with E-state index in [-0.39, 0.29) is 11.6 Å². The topological polar surface area (TPSA) is 103 Å². The Bertz CT molecular complexity index is 1310. The maximum Gasteiger partial charge on any atom is 0.351 e. The number of amides is 1. The molecule has 1 aromatic heterocycles. The van der Waals surface area contributed by atoms with Crippen molar-refractivity contribution in [3.63, 3.8) is 0 Å². The monoisotopic (exact) mass is 477 g/mol. The van der Waals surface area contributed by atoms with E-state index < -0.39 is 30.7 Å². The molecule has 0 fully saturated rings. The number of rotatable bonds is 6. The highest BCUT2D eigenvalue weighted by Crippen LogP contribution is 2.33. The molecule has 1 N–H and O–H groups in total. The Morgan fingerprint density at radius 1 is 1.11 bits per heavy atom. The lowest BCUT2D eigenvalue weighted by Crippen LogP contribution is -2.45. The molecule has 3 aromatic rings. The number of ether oxygens (including phenoxy) is 3. The van der Waals surface area contributed by atoms with Crippen LogP contribution in [0, 0.1) is 31.0 Å². The third-order valence-electron chi connectivity index (χ3n) is 5.87. The number of para-hydroxylation sites is 2. The predicted octanol–water partition coefficient (Wildman–Crippen LogP) is 3.87. The summed E-state index contributed by atoms with van der Waals surface area (Å²) in [7, 11) is 0. The first-order valence-electron chi connectivity index (χ1n) is 11.0. The summed E-state index contributed by atoms with van der Waals surface area (Å²) < 4.78 is 31.7. The van der Waals surface area contributed by atoms with Gasteiger partial charge in [-0.2, -0.15) is 5.26 Å². The van der Waals surface area contributed by atoms with Gasteiger partial charge >= 0.3 is 5.97 Å². The molecular weight excluding hydrogens is 453 g/mol. The van der Waals surface area contributed by atoms with E-state index in [0.717, 1.165) is 11.3 Å². The van der Waals surface area contributed by atoms with E-state index in [0.29, 0.717) is 29.2 Å². The normalized spacial score (nSPS) is 16.3. The molecule has 0 radical (unpaired) electrons. The molecule has 0 spiro atoms. The molecule has 2 heterocycles. The number of anilines is 1. The minimum Gasteiger partial charge on any atom is -0.482 e. The van der Waals surface area contributed by atoms with E-state index in [1.165, 1.54) is 12.1 Å². The van der Waals surface area contributed by atoms with Gasteiger partial charge in [0.15, 0.2) is 18.1 Å². The van der Waals surface area contributed by atoms with E-state index in [9.17, 15) is 19.2 Å². The molecule has 35 heavy (non-hydrogen) atoms. The number of halogens is 1. The van der Waals surface area contributed by atoms with Crippen molar-refractivity contribution in [1.29, 1.82) is 5.26 Å². The number of aromatic nitrogens is 1. The average Bonchev–Trinajstić information content (AvgIpc) is 3.07. The maximum atomic E-state index is 13.3. The number of carbonyl (C=O) groups excluding carboxylic acids is 2. The lowest BCUT2D eigenvalue weighted by atomic mass is 10.2. The Morgan fingerprint density at radius 3 is 2.43 bits per heavy atom. The lowest BCUT2D eigenvalue weighted by molar-refractivity contribution is -0.159. The highest BCUT2D eigenvalue weighted by atomic mass is 19.1. The Morgan fingerprint density at radius 2 is 1.77 bits per heavy atom. The van der Waals surface area contributed by atoms with E-state index in [2.05, 4.69) is 11.4 Å². The molecule has 1 amide bonds. The van der Waals surface area contributed by atoms with Crippen molar-refractivity contribution in [1.82, 2.24) is 4.57 Å². The third kappa shape index (κ3) is 4.96. The fourth-order valence-electron chi connectivity index (χ4n) is 3.87. The lowest BCUT2D eigenvalue weighted by Gasteiger charge is -2.30. The van der Waals surface area contributed by atoms with Crippen molar-refractivity contribution in [3.8, 4) is 17.6 Å². The summed E-state index contributed by atoms with van der Waals surface area (Å²) >= 11 is 0. The minimum absolute atomic E-state index is 0.285. The number of esters is 1. The van der Waals surface area contributed by atoms with Crippen molar-refractivity contribution in [2.45, 2.75) is 39.5 Å². The second-order valence-electron chi connectivity index (χ2n) is 8.22. The van der Waals surface area contributed by atoms with Crippen molar-refractivity contribution < 1.29 is 28.2 Å². The molecule has 0 aliphatic carbocycles. The van der Waals surface area contributed by atoms with Gasteiger partial charge in [-0.25, -0.2) is 9.18 Å². The number of benzene rings is 2. The number of nitrogens with one attached hydrogen (secondary N) is 1. The zero-order chi connectivity index (χ0) is 25.1. The molecule has 2 atom stereocenters. The molecule has 2 aromatic carbocycles. The van der Waals surface area contributed by atoms with Gasteiger partial charge in [-0.1, -0.05) is 24.3 Å². The molecule has 2 unspecified atom stereocenters. The van der Waals surface area contributed by atoms with Crippen LogP contribution < -0.4 is 14.8 Å². The molecule has 9 heteroatoms. The van der Waals surface area contributed by atoms with Crippen LogP contribution in [0.2, 0.25) is 0 Å². The molecule has 8 nitrogen and oxygen atoms in total. The standard InChI is InChI=1S/C26H24FN3O5/c1-15-16(2)30(13-18-8-10-19(27)11-9-18)25(20(15)12-28)29-23(31)14-33-26(32)24-17(3)34-21-6-4-5-7-22(21)35-24/h4-11,17,24H,13-14H2,1-3H3,(H,29,31). The Hall–Kier alpha value is -4.32. The fraction of sp³-hybridized carbons (Fsp3) is 0.269. The summed E-state index contributed by atoms with van der Waals surface area (Å²) in [6.07, 6.45) is -1.64. The van der Waals surface area contributed by atoms with Crippen LogP contribution in [0.5, 0.6) is 11.5 Å². The smallest absolute Gasteiger partial charge is 0.351 e. The van der Waals surface area contributed by atoms with Gasteiger partial charge in [0.2, 0.25) is 6.10 Å². The number of nitriles is 1.